The van der Waals surface area contributed by atoms with E-state index in [4.69, 9.17) is 42.6 Å². The van der Waals surface area contributed by atoms with Gasteiger partial charge < -0.3 is 100 Å². The van der Waals surface area contributed by atoms with Crippen LogP contribution < -0.4 is 0 Å². The summed E-state index contributed by atoms with van der Waals surface area (Å²) in [6, 6.07) is 0. The van der Waals surface area contributed by atoms with Gasteiger partial charge in [0, 0.05) is 41.9 Å². The molecular weight excluding hydrogens is 1890 g/mol. The summed E-state index contributed by atoms with van der Waals surface area (Å²) in [6.45, 7) is 24.4. The van der Waals surface area contributed by atoms with Gasteiger partial charge >= 0.3 is 92.6 Å². The Labute approximate surface area is 750 Å². The van der Waals surface area contributed by atoms with Crippen LogP contribution in [-0.4, -0.2) is 283 Å². The van der Waals surface area contributed by atoms with E-state index in [0.29, 0.717) is 34.1 Å². The molecule has 0 aromatic rings. The topological polar surface area (TPSA) is 635 Å². The highest BCUT2D eigenvalue weighted by atomic mass is 32.2. The van der Waals surface area contributed by atoms with Gasteiger partial charge in [-0.3, -0.25) is 57.5 Å². The Hall–Kier alpha value is -7.13. The molecule has 0 aromatic heterocycles. The summed E-state index contributed by atoms with van der Waals surface area (Å²) in [5.74, 6) is -26.0. The molecule has 0 aromatic carbocycles. The Morgan fingerprint density at radius 2 is 0.672 bits per heavy atom. The molecule has 54 heteroatoms. The third-order valence-corrected chi connectivity index (χ3v) is 32.3. The molecule has 11 fully saturated rings. The maximum atomic E-state index is 13.6. The molecule has 0 radical (unpaired) electrons. The highest BCUT2D eigenvalue weighted by Crippen LogP contribution is 2.64. The van der Waals surface area contributed by atoms with Crippen molar-refractivity contribution in [1.82, 2.24) is 0 Å². The summed E-state index contributed by atoms with van der Waals surface area (Å²) in [5, 5.41) is 21.9. The molecule has 3 aliphatic carbocycles. The lowest BCUT2D eigenvalue weighted by molar-refractivity contribution is -0.176. The van der Waals surface area contributed by atoms with Gasteiger partial charge in [0.1, 0.15) is 36.6 Å². The van der Waals surface area contributed by atoms with Crippen LogP contribution >= 0.6 is 11.8 Å². The van der Waals surface area contributed by atoms with Crippen LogP contribution in [0.15, 0.2) is 0 Å². The van der Waals surface area contributed by atoms with Crippen molar-refractivity contribution in [2.75, 3.05) is 0 Å². The van der Waals surface area contributed by atoms with Gasteiger partial charge in [0.2, 0.25) is 0 Å². The summed E-state index contributed by atoms with van der Waals surface area (Å²) < 4.78 is 304. The van der Waals surface area contributed by atoms with Gasteiger partial charge in [-0.25, -0.2) is 33.7 Å². The van der Waals surface area contributed by atoms with Crippen LogP contribution in [0, 0.1) is 107 Å². The third kappa shape index (κ3) is 21.5. The molecule has 3 saturated carbocycles. The van der Waals surface area contributed by atoms with Crippen LogP contribution in [0.4, 0.5) is 35.1 Å². The van der Waals surface area contributed by atoms with Gasteiger partial charge in [-0.2, -0.15) is 35.1 Å². The SMILES string of the molecule is CC(C(=O)OC1C2CC3C1OC(=O)C3C2C(C)(C)O)C(C)C(=O)OC(C)C(F)(F)S(=O)(=O)[O-].CC(C(=O)OC1C2OC(=O)C3C2OC1C3C(C)(C)O)C(C)C(=O)OC(C)C(F)(F)S(=O)(=O)[O-].CC(C(=O)OC1C2OC(=O)C3C2SC1C3C(C)(C)O)C(C)C(=O)OC(C)C(F)(F)S(=O)(=O)[O-].CC(C(=O)OC1CC(C(C)(C)O)C2CC1OC2=O)C(C)C(=O)OC(C)C(F)(F)S(=O)(=O)[O-]. The van der Waals surface area contributed by atoms with E-state index in [1.807, 2.05) is 0 Å². The first-order chi connectivity index (χ1) is 59.0. The molecule has 34 atom stereocenters. The highest BCUT2D eigenvalue weighted by molar-refractivity contribution is 8.01. The van der Waals surface area contributed by atoms with Gasteiger partial charge in [-0.1, -0.05) is 55.4 Å². The average molecular weight is 2000 g/mol. The van der Waals surface area contributed by atoms with E-state index in [2.05, 4.69) is 18.9 Å². The lowest BCUT2D eigenvalue weighted by Crippen LogP contribution is -2.52. The van der Waals surface area contributed by atoms with E-state index in [9.17, 15) is 165 Å². The van der Waals surface area contributed by atoms with Crippen molar-refractivity contribution in [2.24, 2.45) is 107 Å². The smallest absolute Gasteiger partial charge is 0.369 e. The molecule has 11 aliphatic rings. The number of rotatable bonds is 32. The Morgan fingerprint density at radius 3 is 1.03 bits per heavy atom. The number of aliphatic hydroxyl groups is 4. The standard InChI is InChI=1S/C20H28F2O10S.C19H26F2O11S.C19H26F2O10S2.C19H28F2O10S/c1-7(16(23)30-9(3)20(21,22)33(27,28)29)8(2)17(24)31-15-11-6-10-12(13(11)19(4,5)26)18(25)32-14(10)15;1-6(15(22)29-8(3)19(20,21)33(26,27)28)7(2)16(23)31-14-12-10(18(4,5)25)9-11(30-12)13(14)32-17(9)24;1-6(15(22)29-8(3)19(20,21)33(26,27)28)7(2)16(23)30-12-11-13-9(17(24)31-11)10(14(12)32-13)18(4,5)25;1-8(15(22)29-10(3)19(20,21)32(26,27)28)9(2)16(23)30-14-7-12(18(4,5)25)11-6-13(14)31-17(11)24/h7-15,26H,6H2,1-5H3,(H,27,28,29);2*6-14,25H,1-5H3,(H,26,27,28);8-14,25H,6-7H2,1-5H3,(H,26,27,28)/p-4. The number of carbonyl (C=O) groups excluding carboxylic acids is 12. The number of halogens is 8. The molecule has 131 heavy (non-hydrogen) atoms. The van der Waals surface area contributed by atoms with E-state index >= 15 is 0 Å². The Morgan fingerprint density at radius 1 is 0.351 bits per heavy atom. The second-order valence-electron chi connectivity index (χ2n) is 37.2. The van der Waals surface area contributed by atoms with Crippen molar-refractivity contribution in [2.45, 2.75) is 297 Å². The summed E-state index contributed by atoms with van der Waals surface area (Å²) in [6.07, 6.45) is -17.5. The number of carbonyl (C=O) groups is 12. The number of hydrogen-bond donors (Lipinski definition) is 4. The quantitative estimate of drug-likeness (QED) is 0.0325. The zero-order valence-electron chi connectivity index (χ0n) is 73.7. The van der Waals surface area contributed by atoms with Crippen LogP contribution in [0.2, 0.25) is 0 Å². The third-order valence-electron chi connectivity index (χ3n) is 26.6. The first-order valence-corrected chi connectivity index (χ1v) is 47.6. The summed E-state index contributed by atoms with van der Waals surface area (Å²) in [4.78, 5) is 148. The minimum absolute atomic E-state index is 0.145. The number of fused-ring (bicyclic) bond motifs is 5. The van der Waals surface area contributed by atoms with E-state index in [-0.39, 0.29) is 29.9 Å². The first kappa shape index (κ1) is 109. The molecule has 41 nitrogen and oxygen atoms in total. The van der Waals surface area contributed by atoms with Crippen molar-refractivity contribution >= 4 is 124 Å². The van der Waals surface area contributed by atoms with Gasteiger partial charge in [0.25, 0.3) is 0 Å². The van der Waals surface area contributed by atoms with Crippen LogP contribution in [0.5, 0.6) is 0 Å². The fraction of sp³-hybridized carbons (Fsp3) is 0.844. The fourth-order valence-electron chi connectivity index (χ4n) is 18.2. The maximum absolute atomic E-state index is 13.6. The van der Waals surface area contributed by atoms with E-state index in [0.717, 1.165) is 0 Å². The Bertz CT molecular complexity index is 4530. The van der Waals surface area contributed by atoms with Gasteiger partial charge in [-0.15, -0.1) is 11.8 Å². The van der Waals surface area contributed by atoms with Crippen molar-refractivity contribution in [3.8, 4) is 0 Å². The number of esters is 12. The van der Waals surface area contributed by atoms with Gasteiger partial charge in [0.05, 0.1) is 104 Å². The molecule has 748 valence electrons. The van der Waals surface area contributed by atoms with Crippen molar-refractivity contribution in [3.63, 3.8) is 0 Å². The molecule has 0 amide bonds. The molecule has 11 rings (SSSR count). The van der Waals surface area contributed by atoms with Crippen LogP contribution in [0.3, 0.4) is 0 Å². The predicted octanol–water partition coefficient (Wildman–Crippen LogP) is 2.40. The minimum Gasteiger partial charge on any atom is -0.743 e. The normalized spacial score (nSPS) is 32.7. The molecule has 8 heterocycles. The molecule has 8 bridgehead atoms. The van der Waals surface area contributed by atoms with Gasteiger partial charge in [0.15, 0.2) is 89.3 Å². The fourth-order valence-corrected chi connectivity index (χ4v) is 22.2. The predicted molar refractivity (Wildman–Crippen MR) is 411 cm³/mol. The maximum Gasteiger partial charge on any atom is 0.369 e. The molecule has 34 unspecified atom stereocenters. The van der Waals surface area contributed by atoms with Crippen LogP contribution in [0.1, 0.15) is 158 Å². The highest BCUT2D eigenvalue weighted by Gasteiger charge is 2.75. The Balaban J connectivity index is 0.000000215. The van der Waals surface area contributed by atoms with Crippen molar-refractivity contribution < 1.29 is 227 Å². The average Bonchev–Trinajstić information content (AvgIpc) is 1.55. The summed E-state index contributed by atoms with van der Waals surface area (Å²) in [7, 11) is -24.3. The molecular formula is C77H104F8O41S5-4. The van der Waals surface area contributed by atoms with E-state index in [1.165, 1.54) is 94.8 Å². The molecule has 0 spiro atoms. The molecule has 8 saturated heterocycles. The lowest BCUT2D eigenvalue weighted by atomic mass is 9.71. The lowest BCUT2D eigenvalue weighted by Gasteiger charge is -2.38. The Kier molecular flexibility index (Phi) is 31.5. The number of alkyl halides is 8. The number of thioether (sulfide) groups is 1. The molecule has 8 aliphatic heterocycles. The monoisotopic (exact) mass is 2000 g/mol. The minimum atomic E-state index is -6.09. The van der Waals surface area contributed by atoms with E-state index in [1.54, 1.807) is 27.7 Å². The summed E-state index contributed by atoms with van der Waals surface area (Å²) >= 11 is 1.39. The van der Waals surface area contributed by atoms with Crippen LogP contribution in [-0.2, 0) is 160 Å². The van der Waals surface area contributed by atoms with Crippen molar-refractivity contribution in [3.05, 3.63) is 0 Å². The zero-order chi connectivity index (χ0) is 101. The van der Waals surface area contributed by atoms with Gasteiger partial charge in [-0.05, 0) is 95.9 Å². The number of hydrogen-bond acceptors (Lipinski definition) is 42. The van der Waals surface area contributed by atoms with Crippen LogP contribution in [0.25, 0.3) is 0 Å². The second-order valence-corrected chi connectivity index (χ2v) is 44.4. The summed E-state index contributed by atoms with van der Waals surface area (Å²) in [5.41, 5.74) is -5.07. The largest absolute Gasteiger partial charge is 0.743 e. The number of ether oxygens (including phenoxy) is 13. The van der Waals surface area contributed by atoms with E-state index < -0.39 is 341 Å². The molecule has 4 N–H and O–H groups in total. The second kappa shape index (κ2) is 37.7. The zero-order valence-corrected chi connectivity index (χ0v) is 77.8. The first-order valence-electron chi connectivity index (χ1n) is 41.0. The van der Waals surface area contributed by atoms with Crippen molar-refractivity contribution in [1.29, 1.82) is 0 Å².